The summed E-state index contributed by atoms with van der Waals surface area (Å²) in [5.41, 5.74) is -0.902. The van der Waals surface area contributed by atoms with Gasteiger partial charge in [-0.1, -0.05) is 58.1 Å². The zero-order valence-electron chi connectivity index (χ0n) is 26.0. The molecule has 2 rings (SSSR count). The van der Waals surface area contributed by atoms with Crippen molar-refractivity contribution in [2.24, 2.45) is 5.92 Å². The number of urea groups is 1. The minimum absolute atomic E-state index is 0.170. The van der Waals surface area contributed by atoms with Crippen LogP contribution in [-0.2, 0) is 24.2 Å². The lowest BCUT2D eigenvalue weighted by Gasteiger charge is -2.39. The lowest BCUT2D eigenvalue weighted by Crippen LogP contribution is -2.59. The molecule has 0 aromatic heterocycles. The maximum absolute atomic E-state index is 13.1. The number of carboxylic acids is 1. The van der Waals surface area contributed by atoms with Crippen LogP contribution in [0.5, 0.6) is 0 Å². The average molecular weight is 613 g/mol. The lowest BCUT2D eigenvalue weighted by molar-refractivity contribution is -0.144. The van der Waals surface area contributed by atoms with Crippen molar-refractivity contribution in [1.29, 1.82) is 0 Å². The highest BCUT2D eigenvalue weighted by Crippen LogP contribution is 2.32. The van der Waals surface area contributed by atoms with E-state index in [1.165, 1.54) is 4.90 Å². The van der Waals surface area contributed by atoms with Gasteiger partial charge in [-0.25, -0.2) is 18.0 Å². The summed E-state index contributed by atoms with van der Waals surface area (Å²) in [6.45, 7) is 8.73. The second-order valence-corrected chi connectivity index (χ2v) is 15.6. The maximum Gasteiger partial charge on any atom is 0.326 e. The lowest BCUT2D eigenvalue weighted by atomic mass is 9.83. The number of rotatable bonds is 14. The third-order valence-corrected chi connectivity index (χ3v) is 11.2. The Kier molecular flexibility index (Phi) is 13.3. The molecular formula is C30H52N4O7S. The Bertz CT molecular complexity index is 1080. The number of hydrogen-bond donors (Lipinski definition) is 4. The third kappa shape index (κ3) is 10.3. The molecule has 1 aliphatic carbocycles. The standard InChI is InChI=1S/C30H52N4O7S/c1-6-7-8-9-11-15-22(2)25(27(37)38)32-26(36)23-16-14-19-34(23)24(35)20-31-28(39)33-30(17-12-10-13-18-30)21-42(40,41)29(3,4)5/h11,15,22-23,25H,6-10,12-14,16-21H2,1-5H3,(H,32,36)(H,37,38)(H2,31,33,39)/b15-11-/t22?,23-,25?/m0/s1. The van der Waals surface area contributed by atoms with E-state index in [9.17, 15) is 32.7 Å². The molecule has 1 aliphatic heterocycles. The molecule has 2 aliphatic rings. The van der Waals surface area contributed by atoms with Crippen molar-refractivity contribution in [3.8, 4) is 0 Å². The van der Waals surface area contributed by atoms with Gasteiger partial charge in [0, 0.05) is 12.5 Å². The zero-order chi connectivity index (χ0) is 31.6. The SMILES string of the molecule is CCCCC/C=C\C(C)C(NC(=O)[C@@H]1CCCN1C(=O)CNC(=O)NC1(CS(=O)(=O)C(C)(C)C)CCCCC1)C(=O)O. The maximum atomic E-state index is 13.1. The predicted molar refractivity (Wildman–Crippen MR) is 163 cm³/mol. The van der Waals surface area contributed by atoms with Crippen LogP contribution >= 0.6 is 0 Å². The van der Waals surface area contributed by atoms with E-state index in [2.05, 4.69) is 22.9 Å². The number of carbonyl (C=O) groups excluding carboxylic acids is 3. The number of nitrogens with one attached hydrogen (secondary N) is 3. The second-order valence-electron chi connectivity index (χ2n) is 12.9. The molecular weight excluding hydrogens is 560 g/mol. The Morgan fingerprint density at radius 3 is 2.33 bits per heavy atom. The minimum Gasteiger partial charge on any atom is -0.480 e. The molecule has 0 aromatic rings. The molecule has 1 saturated heterocycles. The largest absolute Gasteiger partial charge is 0.480 e. The summed E-state index contributed by atoms with van der Waals surface area (Å²) in [4.78, 5) is 52.4. The first kappa shape index (κ1) is 35.6. The predicted octanol–water partition coefficient (Wildman–Crippen LogP) is 3.53. The Labute approximate surface area is 251 Å². The van der Waals surface area contributed by atoms with Crippen molar-refractivity contribution >= 4 is 33.7 Å². The molecule has 0 aromatic carbocycles. The molecule has 0 radical (unpaired) electrons. The highest BCUT2D eigenvalue weighted by molar-refractivity contribution is 7.92. The Hall–Kier alpha value is -2.63. The second kappa shape index (κ2) is 15.7. The molecule has 0 bridgehead atoms. The van der Waals surface area contributed by atoms with Gasteiger partial charge < -0.3 is 26.0 Å². The molecule has 12 heteroatoms. The summed E-state index contributed by atoms with van der Waals surface area (Å²) in [6, 6.07) is -2.58. The molecule has 2 fully saturated rings. The topological polar surface area (TPSA) is 162 Å². The minimum atomic E-state index is -3.50. The molecule has 2 unspecified atom stereocenters. The number of carbonyl (C=O) groups is 4. The van der Waals surface area contributed by atoms with E-state index in [4.69, 9.17) is 0 Å². The summed E-state index contributed by atoms with van der Waals surface area (Å²) < 4.78 is 25.0. The number of nitrogens with zero attached hydrogens (tertiary/aromatic N) is 1. The molecule has 4 N–H and O–H groups in total. The van der Waals surface area contributed by atoms with Crippen molar-refractivity contribution in [2.45, 2.75) is 128 Å². The van der Waals surface area contributed by atoms with Crippen molar-refractivity contribution in [1.82, 2.24) is 20.9 Å². The molecule has 42 heavy (non-hydrogen) atoms. The number of sulfone groups is 1. The van der Waals surface area contributed by atoms with Crippen LogP contribution in [0.1, 0.15) is 105 Å². The van der Waals surface area contributed by atoms with Gasteiger partial charge in [-0.2, -0.15) is 0 Å². The monoisotopic (exact) mass is 612 g/mol. The molecule has 4 amide bonds. The zero-order valence-corrected chi connectivity index (χ0v) is 26.9. The molecule has 240 valence electrons. The summed E-state index contributed by atoms with van der Waals surface area (Å²) in [7, 11) is -3.50. The van der Waals surface area contributed by atoms with Gasteiger partial charge in [-0.05, 0) is 59.3 Å². The van der Waals surface area contributed by atoms with Gasteiger partial charge in [-0.15, -0.1) is 0 Å². The van der Waals surface area contributed by atoms with Crippen LogP contribution in [0.4, 0.5) is 4.79 Å². The first-order chi connectivity index (χ1) is 19.6. The fraction of sp³-hybridized carbons (Fsp3) is 0.800. The molecule has 0 spiro atoms. The third-order valence-electron chi connectivity index (χ3n) is 8.37. The number of unbranched alkanes of at least 4 members (excludes halogenated alkanes) is 3. The van der Waals surface area contributed by atoms with Crippen molar-refractivity contribution in [2.75, 3.05) is 18.8 Å². The van der Waals surface area contributed by atoms with Crippen LogP contribution < -0.4 is 16.0 Å². The van der Waals surface area contributed by atoms with Crippen LogP contribution in [0.3, 0.4) is 0 Å². The quantitative estimate of drug-likeness (QED) is 0.172. The molecule has 1 heterocycles. The van der Waals surface area contributed by atoms with Gasteiger partial charge in [-0.3, -0.25) is 9.59 Å². The van der Waals surface area contributed by atoms with Crippen molar-refractivity contribution in [3.63, 3.8) is 0 Å². The first-order valence-corrected chi connectivity index (χ1v) is 17.1. The molecule has 11 nitrogen and oxygen atoms in total. The van der Waals surface area contributed by atoms with Crippen molar-refractivity contribution in [3.05, 3.63) is 12.2 Å². The molecule has 3 atom stereocenters. The molecule has 1 saturated carbocycles. The van der Waals surface area contributed by atoms with Crippen LogP contribution in [0.15, 0.2) is 12.2 Å². The van der Waals surface area contributed by atoms with E-state index in [1.807, 2.05) is 6.08 Å². The smallest absolute Gasteiger partial charge is 0.326 e. The fourth-order valence-corrected chi connectivity index (χ4v) is 7.12. The summed E-state index contributed by atoms with van der Waals surface area (Å²) >= 11 is 0. The van der Waals surface area contributed by atoms with E-state index in [-0.39, 0.29) is 12.3 Å². The van der Waals surface area contributed by atoms with Gasteiger partial charge in [0.25, 0.3) is 0 Å². The highest BCUT2D eigenvalue weighted by atomic mass is 32.2. The van der Waals surface area contributed by atoms with Gasteiger partial charge in [0.2, 0.25) is 11.8 Å². The fourth-order valence-electron chi connectivity index (χ4n) is 5.60. The highest BCUT2D eigenvalue weighted by Gasteiger charge is 2.42. The number of hydrogen-bond acceptors (Lipinski definition) is 6. The summed E-state index contributed by atoms with van der Waals surface area (Å²) in [5.74, 6) is -2.74. The van der Waals surface area contributed by atoms with Crippen LogP contribution in [0.2, 0.25) is 0 Å². The van der Waals surface area contributed by atoms with Crippen LogP contribution in [0, 0.1) is 5.92 Å². The van der Waals surface area contributed by atoms with E-state index < -0.39 is 61.9 Å². The average Bonchev–Trinajstić information content (AvgIpc) is 3.39. The van der Waals surface area contributed by atoms with E-state index in [0.717, 1.165) is 44.9 Å². The van der Waals surface area contributed by atoms with Gasteiger partial charge in [0.15, 0.2) is 9.84 Å². The van der Waals surface area contributed by atoms with E-state index in [1.54, 1.807) is 33.8 Å². The summed E-state index contributed by atoms with van der Waals surface area (Å²) in [6.07, 6.45) is 12.4. The van der Waals surface area contributed by atoms with E-state index >= 15 is 0 Å². The number of carboxylic acid groups (broad SMARTS) is 1. The van der Waals surface area contributed by atoms with Crippen molar-refractivity contribution < 1.29 is 32.7 Å². The van der Waals surface area contributed by atoms with E-state index in [0.29, 0.717) is 32.2 Å². The number of aliphatic carboxylic acids is 1. The van der Waals surface area contributed by atoms with Crippen LogP contribution in [-0.4, -0.2) is 83.5 Å². The Balaban J connectivity index is 1.98. The first-order valence-electron chi connectivity index (χ1n) is 15.4. The number of likely N-dealkylation sites (tertiary alicyclic amines) is 1. The normalized spacial score (nSPS) is 20.6. The Morgan fingerprint density at radius 1 is 1.07 bits per heavy atom. The van der Waals surface area contributed by atoms with Gasteiger partial charge >= 0.3 is 12.0 Å². The Morgan fingerprint density at radius 2 is 1.74 bits per heavy atom. The summed E-state index contributed by atoms with van der Waals surface area (Å²) in [5, 5.41) is 17.8. The number of allylic oxidation sites excluding steroid dienone is 1. The van der Waals surface area contributed by atoms with Crippen LogP contribution in [0.25, 0.3) is 0 Å². The number of amides is 4. The van der Waals surface area contributed by atoms with Gasteiger partial charge in [0.1, 0.15) is 12.1 Å². The van der Waals surface area contributed by atoms with Gasteiger partial charge in [0.05, 0.1) is 22.6 Å².